The minimum absolute atomic E-state index is 0.402. The first-order valence-corrected chi connectivity index (χ1v) is 5.99. The molecule has 94 valence electrons. The van der Waals surface area contributed by atoms with Crippen LogP contribution in [0.25, 0.3) is 0 Å². The SMILES string of the molecule is COC(=O)c1ccc(N)c(Sc2nc(C)co2)c1. The summed E-state index contributed by atoms with van der Waals surface area (Å²) >= 11 is 1.27. The number of carbonyl (C=O) groups is 1. The molecule has 0 aliphatic carbocycles. The molecule has 18 heavy (non-hydrogen) atoms. The molecule has 0 fully saturated rings. The van der Waals surface area contributed by atoms with Crippen molar-refractivity contribution in [2.24, 2.45) is 0 Å². The molecular formula is C12H12N2O3S. The highest BCUT2D eigenvalue weighted by atomic mass is 32.2. The van der Waals surface area contributed by atoms with Crippen molar-refractivity contribution >= 4 is 23.4 Å². The number of oxazole rings is 1. The highest BCUT2D eigenvalue weighted by Crippen LogP contribution is 2.32. The summed E-state index contributed by atoms with van der Waals surface area (Å²) in [5, 5.41) is 0.487. The van der Waals surface area contributed by atoms with E-state index < -0.39 is 5.97 Å². The lowest BCUT2D eigenvalue weighted by molar-refractivity contribution is 0.0600. The number of anilines is 1. The molecule has 6 heteroatoms. The van der Waals surface area contributed by atoms with E-state index in [1.807, 2.05) is 6.92 Å². The van der Waals surface area contributed by atoms with E-state index in [0.717, 1.165) is 5.69 Å². The van der Waals surface area contributed by atoms with Gasteiger partial charge < -0.3 is 14.9 Å². The van der Waals surface area contributed by atoms with Gasteiger partial charge in [0.05, 0.1) is 18.4 Å². The molecule has 5 nitrogen and oxygen atoms in total. The Morgan fingerprint density at radius 1 is 1.50 bits per heavy atom. The second kappa shape index (κ2) is 5.14. The molecule has 1 heterocycles. The number of aromatic nitrogens is 1. The summed E-state index contributed by atoms with van der Waals surface area (Å²) in [6, 6.07) is 4.93. The van der Waals surface area contributed by atoms with Gasteiger partial charge in [0.15, 0.2) is 0 Å². The third kappa shape index (κ3) is 2.65. The number of aryl methyl sites for hydroxylation is 1. The summed E-state index contributed by atoms with van der Waals surface area (Å²) in [7, 11) is 1.34. The predicted octanol–water partition coefficient (Wildman–Crippen LogP) is 2.50. The van der Waals surface area contributed by atoms with Crippen molar-refractivity contribution in [1.29, 1.82) is 0 Å². The number of nitrogen functional groups attached to an aromatic ring is 1. The minimum Gasteiger partial charge on any atom is -0.465 e. The van der Waals surface area contributed by atoms with Gasteiger partial charge in [-0.15, -0.1) is 0 Å². The molecule has 2 aromatic rings. The van der Waals surface area contributed by atoms with Crippen molar-refractivity contribution in [3.63, 3.8) is 0 Å². The average molecular weight is 264 g/mol. The molecule has 0 saturated carbocycles. The van der Waals surface area contributed by atoms with Gasteiger partial charge in [-0.1, -0.05) is 0 Å². The lowest BCUT2D eigenvalue weighted by Crippen LogP contribution is -2.02. The second-order valence-electron chi connectivity index (χ2n) is 3.60. The van der Waals surface area contributed by atoms with Crippen LogP contribution < -0.4 is 5.73 Å². The molecule has 0 saturated heterocycles. The van der Waals surface area contributed by atoms with Crippen LogP contribution in [0.1, 0.15) is 16.1 Å². The number of rotatable bonds is 3. The zero-order valence-electron chi connectivity index (χ0n) is 9.97. The number of esters is 1. The Balaban J connectivity index is 2.29. The van der Waals surface area contributed by atoms with Crippen LogP contribution in [0.2, 0.25) is 0 Å². The Bertz CT molecular complexity index is 580. The van der Waals surface area contributed by atoms with E-state index in [0.29, 0.717) is 21.4 Å². The zero-order valence-corrected chi connectivity index (χ0v) is 10.8. The summed E-state index contributed by atoms with van der Waals surface area (Å²) in [6.45, 7) is 1.84. The third-order valence-corrected chi connectivity index (χ3v) is 3.17. The first-order chi connectivity index (χ1) is 8.60. The Morgan fingerprint density at radius 3 is 2.89 bits per heavy atom. The quantitative estimate of drug-likeness (QED) is 0.678. The Morgan fingerprint density at radius 2 is 2.28 bits per heavy atom. The number of hydrogen-bond acceptors (Lipinski definition) is 6. The van der Waals surface area contributed by atoms with Gasteiger partial charge in [0.1, 0.15) is 6.26 Å². The minimum atomic E-state index is -0.402. The van der Waals surface area contributed by atoms with E-state index in [2.05, 4.69) is 9.72 Å². The fourth-order valence-electron chi connectivity index (χ4n) is 1.34. The van der Waals surface area contributed by atoms with Crippen LogP contribution in [-0.4, -0.2) is 18.1 Å². The molecule has 0 atom stereocenters. The molecule has 0 bridgehead atoms. The van der Waals surface area contributed by atoms with Gasteiger partial charge in [0.2, 0.25) is 0 Å². The van der Waals surface area contributed by atoms with Crippen molar-refractivity contribution in [3.05, 3.63) is 35.7 Å². The van der Waals surface area contributed by atoms with Gasteiger partial charge in [0.25, 0.3) is 5.22 Å². The van der Waals surface area contributed by atoms with Gasteiger partial charge in [-0.05, 0) is 36.9 Å². The Hall–Kier alpha value is -1.95. The van der Waals surface area contributed by atoms with E-state index in [1.54, 1.807) is 24.5 Å². The van der Waals surface area contributed by atoms with Crippen LogP contribution >= 0.6 is 11.8 Å². The maximum absolute atomic E-state index is 11.4. The molecule has 0 spiro atoms. The van der Waals surface area contributed by atoms with Crippen molar-refractivity contribution in [1.82, 2.24) is 4.98 Å². The molecule has 0 radical (unpaired) electrons. The van der Waals surface area contributed by atoms with Gasteiger partial charge >= 0.3 is 5.97 Å². The first-order valence-electron chi connectivity index (χ1n) is 5.18. The number of hydrogen-bond donors (Lipinski definition) is 1. The number of nitrogens with two attached hydrogens (primary N) is 1. The van der Waals surface area contributed by atoms with E-state index in [9.17, 15) is 4.79 Å². The van der Waals surface area contributed by atoms with Crippen molar-refractivity contribution < 1.29 is 13.9 Å². The average Bonchev–Trinajstić information content (AvgIpc) is 2.76. The van der Waals surface area contributed by atoms with Crippen molar-refractivity contribution in [3.8, 4) is 0 Å². The third-order valence-electron chi connectivity index (χ3n) is 2.23. The first kappa shape index (κ1) is 12.5. The highest BCUT2D eigenvalue weighted by Gasteiger charge is 2.11. The molecule has 2 rings (SSSR count). The molecule has 0 amide bonds. The molecule has 0 unspecified atom stereocenters. The van der Waals surface area contributed by atoms with Crippen LogP contribution in [-0.2, 0) is 4.74 Å². The van der Waals surface area contributed by atoms with Gasteiger partial charge in [-0.2, -0.15) is 0 Å². The monoisotopic (exact) mass is 264 g/mol. The summed E-state index contributed by atoms with van der Waals surface area (Å²) in [6.07, 6.45) is 1.56. The van der Waals surface area contributed by atoms with Crippen molar-refractivity contribution in [2.75, 3.05) is 12.8 Å². The number of nitrogens with zero attached hydrogens (tertiary/aromatic N) is 1. The summed E-state index contributed by atoms with van der Waals surface area (Å²) in [5.74, 6) is -0.402. The van der Waals surface area contributed by atoms with E-state index in [4.69, 9.17) is 10.2 Å². The van der Waals surface area contributed by atoms with E-state index >= 15 is 0 Å². The Labute approximate surface area is 108 Å². The molecule has 1 aromatic carbocycles. The molecule has 1 aromatic heterocycles. The normalized spacial score (nSPS) is 10.3. The number of ether oxygens (including phenoxy) is 1. The number of carbonyl (C=O) groups excluding carboxylic acids is 1. The largest absolute Gasteiger partial charge is 0.465 e. The lowest BCUT2D eigenvalue weighted by Gasteiger charge is -2.05. The smallest absolute Gasteiger partial charge is 0.337 e. The lowest BCUT2D eigenvalue weighted by atomic mass is 10.2. The second-order valence-corrected chi connectivity index (χ2v) is 4.59. The molecule has 2 N–H and O–H groups in total. The maximum Gasteiger partial charge on any atom is 0.337 e. The topological polar surface area (TPSA) is 78.4 Å². The van der Waals surface area contributed by atoms with Crippen LogP contribution in [0.4, 0.5) is 5.69 Å². The fraction of sp³-hybridized carbons (Fsp3) is 0.167. The van der Waals surface area contributed by atoms with E-state index in [1.165, 1.54) is 18.9 Å². The van der Waals surface area contributed by atoms with Crippen LogP contribution in [0.5, 0.6) is 0 Å². The molecular weight excluding hydrogens is 252 g/mol. The van der Waals surface area contributed by atoms with Gasteiger partial charge in [-0.25, -0.2) is 9.78 Å². The summed E-state index contributed by atoms with van der Waals surface area (Å²) in [4.78, 5) is 16.3. The standard InChI is InChI=1S/C12H12N2O3S/c1-7-6-17-12(14-7)18-10-5-8(11(15)16-2)3-4-9(10)13/h3-6H,13H2,1-2H3. The highest BCUT2D eigenvalue weighted by molar-refractivity contribution is 7.99. The van der Waals surface area contributed by atoms with Gasteiger partial charge in [-0.3, -0.25) is 0 Å². The molecule has 0 aliphatic heterocycles. The summed E-state index contributed by atoms with van der Waals surface area (Å²) in [5.41, 5.74) is 7.64. The van der Waals surface area contributed by atoms with Crippen LogP contribution in [0.15, 0.2) is 39.0 Å². The van der Waals surface area contributed by atoms with Crippen molar-refractivity contribution in [2.45, 2.75) is 17.0 Å². The summed E-state index contributed by atoms with van der Waals surface area (Å²) < 4.78 is 9.89. The number of benzene rings is 1. The van der Waals surface area contributed by atoms with Crippen LogP contribution in [0.3, 0.4) is 0 Å². The Kier molecular flexibility index (Phi) is 3.57. The zero-order chi connectivity index (χ0) is 13.1. The van der Waals surface area contributed by atoms with E-state index in [-0.39, 0.29) is 0 Å². The number of methoxy groups -OCH3 is 1. The maximum atomic E-state index is 11.4. The molecule has 0 aliphatic rings. The fourth-order valence-corrected chi connectivity index (χ4v) is 2.19. The van der Waals surface area contributed by atoms with Crippen LogP contribution in [0, 0.1) is 6.92 Å². The predicted molar refractivity (Wildman–Crippen MR) is 67.6 cm³/mol. The van der Waals surface area contributed by atoms with Gasteiger partial charge in [0, 0.05) is 10.6 Å².